The lowest BCUT2D eigenvalue weighted by Crippen LogP contribution is -2.31. The molecular formula is C6H10N4O. The average molecular weight is 154 g/mol. The van der Waals surface area contributed by atoms with Gasteiger partial charge >= 0.3 is 0 Å². The molecule has 0 saturated carbocycles. The van der Waals surface area contributed by atoms with Gasteiger partial charge < -0.3 is 10.5 Å². The van der Waals surface area contributed by atoms with Crippen molar-refractivity contribution >= 4 is 0 Å². The normalized spacial score (nSPS) is 31.0. The zero-order valence-corrected chi connectivity index (χ0v) is 6.05. The van der Waals surface area contributed by atoms with Crippen molar-refractivity contribution in [1.82, 2.24) is 15.0 Å². The van der Waals surface area contributed by atoms with Crippen molar-refractivity contribution in [1.29, 1.82) is 0 Å². The van der Waals surface area contributed by atoms with Crippen LogP contribution in [0.2, 0.25) is 0 Å². The highest BCUT2D eigenvalue weighted by atomic mass is 16.5. The molecule has 1 fully saturated rings. The van der Waals surface area contributed by atoms with Gasteiger partial charge in [-0.1, -0.05) is 5.21 Å². The van der Waals surface area contributed by atoms with Gasteiger partial charge in [0.15, 0.2) is 0 Å². The van der Waals surface area contributed by atoms with E-state index in [4.69, 9.17) is 10.5 Å². The van der Waals surface area contributed by atoms with Crippen LogP contribution in [0.15, 0.2) is 12.4 Å². The van der Waals surface area contributed by atoms with Crippen LogP contribution in [0.1, 0.15) is 6.04 Å². The summed E-state index contributed by atoms with van der Waals surface area (Å²) in [6.07, 6.45) is 3.45. The van der Waals surface area contributed by atoms with Gasteiger partial charge in [-0.15, -0.1) is 5.10 Å². The minimum Gasteiger partial charge on any atom is -0.377 e. The Labute approximate surface area is 64.1 Å². The molecule has 0 radical (unpaired) electrons. The molecule has 11 heavy (non-hydrogen) atoms. The van der Waals surface area contributed by atoms with E-state index in [0.29, 0.717) is 13.2 Å². The molecule has 0 amide bonds. The third-order valence-electron chi connectivity index (χ3n) is 1.87. The van der Waals surface area contributed by atoms with E-state index in [9.17, 15) is 0 Å². The minimum atomic E-state index is 0.0525. The summed E-state index contributed by atoms with van der Waals surface area (Å²) in [6.45, 7) is 1.26. The van der Waals surface area contributed by atoms with Crippen molar-refractivity contribution in [3.8, 4) is 0 Å². The fourth-order valence-corrected chi connectivity index (χ4v) is 1.23. The molecule has 1 aliphatic rings. The maximum atomic E-state index is 5.76. The highest BCUT2D eigenvalue weighted by Crippen LogP contribution is 2.15. The number of nitrogens with two attached hydrogens (primary N) is 1. The molecule has 1 saturated heterocycles. The lowest BCUT2D eigenvalue weighted by Gasteiger charge is -2.11. The van der Waals surface area contributed by atoms with Crippen molar-refractivity contribution in [3.63, 3.8) is 0 Å². The fraction of sp³-hybridized carbons (Fsp3) is 0.667. The molecule has 1 aromatic heterocycles. The summed E-state index contributed by atoms with van der Waals surface area (Å²) in [4.78, 5) is 0. The second-order valence-corrected chi connectivity index (χ2v) is 2.65. The molecule has 1 aromatic rings. The van der Waals surface area contributed by atoms with Gasteiger partial charge in [-0.2, -0.15) is 0 Å². The van der Waals surface area contributed by atoms with Crippen molar-refractivity contribution in [2.75, 3.05) is 13.2 Å². The Morgan fingerprint density at radius 3 is 3.00 bits per heavy atom. The first kappa shape index (κ1) is 6.75. The quantitative estimate of drug-likeness (QED) is 0.573. The summed E-state index contributed by atoms with van der Waals surface area (Å²) >= 11 is 0. The summed E-state index contributed by atoms with van der Waals surface area (Å²) in [7, 11) is 0. The van der Waals surface area contributed by atoms with E-state index in [-0.39, 0.29) is 12.1 Å². The summed E-state index contributed by atoms with van der Waals surface area (Å²) < 4.78 is 6.93. The van der Waals surface area contributed by atoms with Crippen molar-refractivity contribution in [2.24, 2.45) is 5.73 Å². The predicted octanol–water partition coefficient (Wildman–Crippen LogP) is -0.823. The first-order valence-electron chi connectivity index (χ1n) is 3.57. The topological polar surface area (TPSA) is 66.0 Å². The van der Waals surface area contributed by atoms with Crippen molar-refractivity contribution in [3.05, 3.63) is 12.4 Å². The first-order valence-corrected chi connectivity index (χ1v) is 3.57. The fourth-order valence-electron chi connectivity index (χ4n) is 1.23. The average Bonchev–Trinajstić information content (AvgIpc) is 2.55. The van der Waals surface area contributed by atoms with Crippen LogP contribution in [0.4, 0.5) is 0 Å². The third-order valence-corrected chi connectivity index (χ3v) is 1.87. The van der Waals surface area contributed by atoms with E-state index in [1.165, 1.54) is 0 Å². The van der Waals surface area contributed by atoms with Crippen LogP contribution in [0.3, 0.4) is 0 Å². The van der Waals surface area contributed by atoms with E-state index < -0.39 is 0 Å². The van der Waals surface area contributed by atoms with Gasteiger partial charge in [0, 0.05) is 6.20 Å². The molecule has 0 aromatic carbocycles. The molecule has 2 atom stereocenters. The molecule has 2 heterocycles. The monoisotopic (exact) mass is 154 g/mol. The highest BCUT2D eigenvalue weighted by molar-refractivity contribution is 4.84. The molecule has 0 bridgehead atoms. The Morgan fingerprint density at radius 2 is 2.45 bits per heavy atom. The summed E-state index contributed by atoms with van der Waals surface area (Å²) in [6, 6.07) is 0.217. The largest absolute Gasteiger partial charge is 0.377 e. The van der Waals surface area contributed by atoms with E-state index in [0.717, 1.165) is 0 Å². The zero-order chi connectivity index (χ0) is 7.68. The smallest absolute Gasteiger partial charge is 0.0943 e. The van der Waals surface area contributed by atoms with Gasteiger partial charge in [0.1, 0.15) is 0 Å². The van der Waals surface area contributed by atoms with E-state index >= 15 is 0 Å². The van der Waals surface area contributed by atoms with Crippen LogP contribution < -0.4 is 5.73 Å². The van der Waals surface area contributed by atoms with E-state index in [1.807, 2.05) is 0 Å². The summed E-state index contributed by atoms with van der Waals surface area (Å²) in [5.41, 5.74) is 5.76. The van der Waals surface area contributed by atoms with Gasteiger partial charge in [0.25, 0.3) is 0 Å². The molecule has 2 rings (SSSR count). The minimum absolute atomic E-state index is 0.0525. The molecular weight excluding hydrogens is 144 g/mol. The van der Waals surface area contributed by atoms with Crippen molar-refractivity contribution < 1.29 is 4.74 Å². The Bertz CT molecular complexity index is 222. The van der Waals surface area contributed by atoms with E-state index in [1.54, 1.807) is 17.1 Å². The van der Waals surface area contributed by atoms with Crippen LogP contribution in [0, 0.1) is 0 Å². The Hall–Kier alpha value is -0.940. The summed E-state index contributed by atoms with van der Waals surface area (Å²) in [5, 5.41) is 7.56. The Balaban J connectivity index is 2.16. The zero-order valence-electron chi connectivity index (χ0n) is 6.05. The number of rotatable bonds is 1. The Morgan fingerprint density at radius 1 is 1.55 bits per heavy atom. The lowest BCUT2D eigenvalue weighted by molar-refractivity contribution is 0.183. The molecule has 0 aliphatic carbocycles. The standard InChI is InChI=1S/C6H10N4O/c7-5-3-11-4-6(5)10-2-1-8-9-10/h1-2,5-6H,3-4,7H2/t5-,6-/m1/s1. The van der Waals surface area contributed by atoms with Gasteiger partial charge in [0.05, 0.1) is 31.5 Å². The van der Waals surface area contributed by atoms with E-state index in [2.05, 4.69) is 10.3 Å². The van der Waals surface area contributed by atoms with Crippen LogP contribution in [0.25, 0.3) is 0 Å². The van der Waals surface area contributed by atoms with Crippen molar-refractivity contribution in [2.45, 2.75) is 12.1 Å². The third kappa shape index (κ3) is 1.12. The molecule has 5 heteroatoms. The maximum absolute atomic E-state index is 5.76. The summed E-state index contributed by atoms with van der Waals surface area (Å²) in [5.74, 6) is 0. The van der Waals surface area contributed by atoms with Crippen LogP contribution >= 0.6 is 0 Å². The second kappa shape index (κ2) is 2.60. The molecule has 1 aliphatic heterocycles. The number of hydrogen-bond acceptors (Lipinski definition) is 4. The molecule has 2 N–H and O–H groups in total. The van der Waals surface area contributed by atoms with Gasteiger partial charge in [-0.05, 0) is 0 Å². The SMILES string of the molecule is N[C@@H]1COC[C@H]1n1ccnn1. The first-order chi connectivity index (χ1) is 5.38. The predicted molar refractivity (Wildman–Crippen MR) is 37.9 cm³/mol. The van der Waals surface area contributed by atoms with Crippen LogP contribution in [-0.4, -0.2) is 34.2 Å². The number of hydrogen-bond donors (Lipinski definition) is 1. The van der Waals surface area contributed by atoms with Gasteiger partial charge in [-0.3, -0.25) is 0 Å². The number of aromatic nitrogens is 3. The lowest BCUT2D eigenvalue weighted by atomic mass is 10.2. The maximum Gasteiger partial charge on any atom is 0.0943 e. The highest BCUT2D eigenvalue weighted by Gasteiger charge is 2.26. The Kier molecular flexibility index (Phi) is 1.59. The molecule has 60 valence electrons. The molecule has 0 unspecified atom stereocenters. The molecule has 5 nitrogen and oxygen atoms in total. The van der Waals surface area contributed by atoms with Crippen LogP contribution in [-0.2, 0) is 4.74 Å². The number of ether oxygens (including phenoxy) is 1. The van der Waals surface area contributed by atoms with Gasteiger partial charge in [0.2, 0.25) is 0 Å². The number of nitrogens with zero attached hydrogens (tertiary/aromatic N) is 3. The molecule has 0 spiro atoms. The second-order valence-electron chi connectivity index (χ2n) is 2.65. The van der Waals surface area contributed by atoms with Crippen LogP contribution in [0.5, 0.6) is 0 Å². The van der Waals surface area contributed by atoms with Gasteiger partial charge in [-0.25, -0.2) is 4.68 Å².